The second kappa shape index (κ2) is 4.38. The number of Topliss-reactive ketones (excluding diaryl/α,β-unsaturated/α-hetero) is 1. The number of carbonyl (C=O) groups is 1. The summed E-state index contributed by atoms with van der Waals surface area (Å²) in [4.78, 5) is 11.8. The van der Waals surface area contributed by atoms with Gasteiger partial charge in [0.05, 0.1) is 6.04 Å². The Kier molecular flexibility index (Phi) is 3.42. The molecule has 76 valence electrons. The summed E-state index contributed by atoms with van der Waals surface area (Å²) in [6.07, 6.45) is 0.686. The van der Waals surface area contributed by atoms with E-state index in [0.29, 0.717) is 6.42 Å². The topological polar surface area (TPSA) is 43.1 Å². The van der Waals surface area contributed by atoms with Crippen LogP contribution in [-0.4, -0.2) is 11.8 Å². The number of hydrogen-bond donors (Lipinski definition) is 1. The molecule has 2 nitrogen and oxygen atoms in total. The highest BCUT2D eigenvalue weighted by atomic mass is 16.1. The number of rotatable bonds is 3. The van der Waals surface area contributed by atoms with Crippen LogP contribution in [0.4, 0.5) is 0 Å². The molecule has 1 unspecified atom stereocenters. The van der Waals surface area contributed by atoms with Crippen LogP contribution in [0.3, 0.4) is 0 Å². The van der Waals surface area contributed by atoms with Gasteiger partial charge in [0.25, 0.3) is 0 Å². The van der Waals surface area contributed by atoms with E-state index in [0.717, 1.165) is 16.7 Å². The van der Waals surface area contributed by atoms with E-state index in [-0.39, 0.29) is 11.8 Å². The Hall–Kier alpha value is -1.15. The van der Waals surface area contributed by atoms with E-state index < -0.39 is 0 Å². The van der Waals surface area contributed by atoms with Crippen LogP contribution in [0.25, 0.3) is 0 Å². The van der Waals surface area contributed by atoms with E-state index in [9.17, 15) is 4.79 Å². The minimum atomic E-state index is -0.365. The summed E-state index contributed by atoms with van der Waals surface area (Å²) in [6.45, 7) is 5.90. The van der Waals surface area contributed by atoms with Crippen molar-refractivity contribution in [2.24, 2.45) is 5.73 Å². The largest absolute Gasteiger partial charge is 0.321 e. The van der Waals surface area contributed by atoms with E-state index in [1.807, 2.05) is 39.0 Å². The van der Waals surface area contributed by atoms with Crippen LogP contribution in [0, 0.1) is 13.8 Å². The molecular weight excluding hydrogens is 174 g/mol. The van der Waals surface area contributed by atoms with Gasteiger partial charge >= 0.3 is 0 Å². The van der Waals surface area contributed by atoms with Gasteiger partial charge in [-0.15, -0.1) is 0 Å². The van der Waals surface area contributed by atoms with Gasteiger partial charge in [-0.05, 0) is 32.4 Å². The molecule has 0 aliphatic rings. The van der Waals surface area contributed by atoms with Gasteiger partial charge in [-0.1, -0.05) is 24.1 Å². The summed E-state index contributed by atoms with van der Waals surface area (Å²) >= 11 is 0. The molecule has 0 aliphatic carbocycles. The van der Waals surface area contributed by atoms with Crippen molar-refractivity contribution < 1.29 is 4.79 Å². The molecule has 1 aromatic rings. The van der Waals surface area contributed by atoms with E-state index in [1.165, 1.54) is 0 Å². The maximum absolute atomic E-state index is 11.8. The molecule has 14 heavy (non-hydrogen) atoms. The van der Waals surface area contributed by atoms with E-state index in [1.54, 1.807) is 0 Å². The minimum Gasteiger partial charge on any atom is -0.321 e. The second-order valence-corrected chi connectivity index (χ2v) is 3.76. The van der Waals surface area contributed by atoms with Crippen molar-refractivity contribution in [3.05, 3.63) is 34.9 Å². The molecule has 1 atom stereocenters. The molecule has 2 heteroatoms. The van der Waals surface area contributed by atoms with Gasteiger partial charge in [-0.25, -0.2) is 0 Å². The number of nitrogens with two attached hydrogens (primary N) is 1. The number of carbonyl (C=O) groups excluding carboxylic acids is 1. The molecular formula is C12H17NO. The molecule has 1 aromatic carbocycles. The zero-order valence-corrected chi connectivity index (χ0v) is 9.00. The second-order valence-electron chi connectivity index (χ2n) is 3.76. The maximum atomic E-state index is 11.8. The highest BCUT2D eigenvalue weighted by Crippen LogP contribution is 2.11. The standard InChI is InChI=1S/C12H17NO/c1-4-11(13)12(14)10-6-8(2)5-9(3)7-10/h5-7,11H,4,13H2,1-3H3. The highest BCUT2D eigenvalue weighted by molar-refractivity contribution is 6.00. The molecule has 0 saturated carbocycles. The first-order valence-corrected chi connectivity index (χ1v) is 4.92. The molecule has 0 amide bonds. The Morgan fingerprint density at radius 1 is 1.29 bits per heavy atom. The Labute approximate surface area is 85.1 Å². The van der Waals surface area contributed by atoms with Crippen LogP contribution >= 0.6 is 0 Å². The number of aryl methyl sites for hydroxylation is 2. The van der Waals surface area contributed by atoms with Crippen LogP contribution in [0.1, 0.15) is 34.8 Å². The van der Waals surface area contributed by atoms with Crippen LogP contribution < -0.4 is 5.73 Å². The summed E-state index contributed by atoms with van der Waals surface area (Å²) in [5.74, 6) is 0.0410. The van der Waals surface area contributed by atoms with Gasteiger partial charge in [-0.2, -0.15) is 0 Å². The van der Waals surface area contributed by atoms with Crippen molar-refractivity contribution in [1.29, 1.82) is 0 Å². The summed E-state index contributed by atoms with van der Waals surface area (Å²) in [7, 11) is 0. The van der Waals surface area contributed by atoms with Crippen molar-refractivity contribution in [1.82, 2.24) is 0 Å². The van der Waals surface area contributed by atoms with Crippen LogP contribution in [0.15, 0.2) is 18.2 Å². The fraction of sp³-hybridized carbons (Fsp3) is 0.417. The summed E-state index contributed by atoms with van der Waals surface area (Å²) in [5.41, 5.74) is 8.65. The first-order valence-electron chi connectivity index (χ1n) is 4.92. The Bertz CT molecular complexity index is 324. The molecule has 0 spiro atoms. The normalized spacial score (nSPS) is 12.6. The van der Waals surface area contributed by atoms with Crippen molar-refractivity contribution in [2.75, 3.05) is 0 Å². The molecule has 2 N–H and O–H groups in total. The Morgan fingerprint density at radius 3 is 2.21 bits per heavy atom. The fourth-order valence-electron chi connectivity index (χ4n) is 1.52. The third-order valence-corrected chi connectivity index (χ3v) is 2.28. The monoisotopic (exact) mass is 191 g/mol. The number of hydrogen-bond acceptors (Lipinski definition) is 2. The molecule has 0 saturated heterocycles. The third-order valence-electron chi connectivity index (χ3n) is 2.28. The summed E-state index contributed by atoms with van der Waals surface area (Å²) < 4.78 is 0. The van der Waals surface area contributed by atoms with Crippen molar-refractivity contribution >= 4 is 5.78 Å². The Balaban J connectivity index is 3.01. The molecule has 0 radical (unpaired) electrons. The molecule has 1 rings (SSSR count). The minimum absolute atomic E-state index is 0.0410. The lowest BCUT2D eigenvalue weighted by Crippen LogP contribution is -2.29. The average Bonchev–Trinajstić information content (AvgIpc) is 2.14. The third kappa shape index (κ3) is 2.42. The molecule has 0 heterocycles. The first-order chi connectivity index (χ1) is 6.54. The molecule has 0 fully saturated rings. The summed E-state index contributed by atoms with van der Waals surface area (Å²) in [5, 5.41) is 0. The lowest BCUT2D eigenvalue weighted by atomic mass is 9.99. The van der Waals surface area contributed by atoms with Crippen molar-refractivity contribution in [3.63, 3.8) is 0 Å². The average molecular weight is 191 g/mol. The van der Waals surface area contributed by atoms with Gasteiger partial charge < -0.3 is 5.73 Å². The SMILES string of the molecule is CCC(N)C(=O)c1cc(C)cc(C)c1. The lowest BCUT2D eigenvalue weighted by Gasteiger charge is -2.09. The molecule has 0 bridgehead atoms. The molecule has 0 aliphatic heterocycles. The van der Waals surface area contributed by atoms with Crippen molar-refractivity contribution in [2.45, 2.75) is 33.2 Å². The zero-order valence-electron chi connectivity index (χ0n) is 9.00. The highest BCUT2D eigenvalue weighted by Gasteiger charge is 2.13. The number of benzene rings is 1. The van der Waals surface area contributed by atoms with Gasteiger partial charge in [0.15, 0.2) is 5.78 Å². The fourth-order valence-corrected chi connectivity index (χ4v) is 1.52. The van der Waals surface area contributed by atoms with Gasteiger partial charge in [0.1, 0.15) is 0 Å². The molecule has 0 aromatic heterocycles. The predicted molar refractivity (Wildman–Crippen MR) is 58.5 cm³/mol. The van der Waals surface area contributed by atoms with Gasteiger partial charge in [0.2, 0.25) is 0 Å². The van der Waals surface area contributed by atoms with Crippen LogP contribution in [0.5, 0.6) is 0 Å². The van der Waals surface area contributed by atoms with E-state index in [2.05, 4.69) is 0 Å². The zero-order chi connectivity index (χ0) is 10.7. The van der Waals surface area contributed by atoms with E-state index >= 15 is 0 Å². The number of ketones is 1. The van der Waals surface area contributed by atoms with Gasteiger partial charge in [0, 0.05) is 5.56 Å². The van der Waals surface area contributed by atoms with Gasteiger partial charge in [-0.3, -0.25) is 4.79 Å². The quantitative estimate of drug-likeness (QED) is 0.744. The first kappa shape index (κ1) is 10.9. The van der Waals surface area contributed by atoms with Crippen molar-refractivity contribution in [3.8, 4) is 0 Å². The summed E-state index contributed by atoms with van der Waals surface area (Å²) in [6, 6.07) is 5.47. The smallest absolute Gasteiger partial charge is 0.179 e. The van der Waals surface area contributed by atoms with E-state index in [4.69, 9.17) is 5.73 Å². The predicted octanol–water partition coefficient (Wildman–Crippen LogP) is 2.22. The lowest BCUT2D eigenvalue weighted by molar-refractivity contribution is 0.0959. The maximum Gasteiger partial charge on any atom is 0.179 e. The van der Waals surface area contributed by atoms with Crippen LogP contribution in [0.2, 0.25) is 0 Å². The Morgan fingerprint density at radius 2 is 1.79 bits per heavy atom. The van der Waals surface area contributed by atoms with Crippen LogP contribution in [-0.2, 0) is 0 Å².